The molecule has 0 saturated heterocycles. The van der Waals surface area contributed by atoms with Gasteiger partial charge in [-0.1, -0.05) is 6.92 Å². The molecule has 0 aliphatic carbocycles. The lowest BCUT2D eigenvalue weighted by molar-refractivity contribution is -0.144. The van der Waals surface area contributed by atoms with Crippen molar-refractivity contribution >= 4 is 17.7 Å². The van der Waals surface area contributed by atoms with E-state index in [1.165, 1.54) is 14.0 Å². The Morgan fingerprint density at radius 1 is 1.33 bits per heavy atom. The summed E-state index contributed by atoms with van der Waals surface area (Å²) in [5, 5.41) is 8.47. The van der Waals surface area contributed by atoms with Gasteiger partial charge in [-0.05, 0) is 0 Å². The van der Waals surface area contributed by atoms with E-state index >= 15 is 0 Å². The van der Waals surface area contributed by atoms with E-state index in [0.29, 0.717) is 0 Å². The Labute approximate surface area is 87.4 Å². The van der Waals surface area contributed by atoms with Crippen LogP contribution in [0.5, 0.6) is 0 Å². The third-order valence-corrected chi connectivity index (χ3v) is 1.99. The van der Waals surface area contributed by atoms with Crippen molar-refractivity contribution in [2.24, 2.45) is 11.7 Å². The number of ketones is 1. The van der Waals surface area contributed by atoms with E-state index in [0.717, 1.165) is 0 Å². The highest BCUT2D eigenvalue weighted by Gasteiger charge is 2.22. The molecule has 0 aromatic heterocycles. The number of ether oxygens (including phenoxy) is 1. The molecule has 1 unspecified atom stereocenters. The molecule has 15 heavy (non-hydrogen) atoms. The van der Waals surface area contributed by atoms with Gasteiger partial charge in [0.15, 0.2) is 0 Å². The minimum Gasteiger partial charge on any atom is -0.480 e. The molecule has 0 radical (unpaired) electrons. The van der Waals surface area contributed by atoms with E-state index in [4.69, 9.17) is 10.8 Å². The molecule has 0 fully saturated rings. The monoisotopic (exact) mass is 217 g/mol. The molecule has 0 heterocycles. The Kier molecular flexibility index (Phi) is 5.54. The third-order valence-electron chi connectivity index (χ3n) is 1.99. The summed E-state index contributed by atoms with van der Waals surface area (Å²) < 4.78 is 4.38. The van der Waals surface area contributed by atoms with Crippen LogP contribution in [0.15, 0.2) is 0 Å². The van der Waals surface area contributed by atoms with Crippen LogP contribution in [0.4, 0.5) is 0 Å². The molecule has 6 heteroatoms. The zero-order valence-electron chi connectivity index (χ0n) is 8.73. The lowest BCUT2D eigenvalue weighted by Crippen LogP contribution is -2.34. The van der Waals surface area contributed by atoms with Crippen LogP contribution in [0.3, 0.4) is 0 Å². The van der Waals surface area contributed by atoms with Crippen molar-refractivity contribution in [2.75, 3.05) is 7.11 Å². The summed E-state index contributed by atoms with van der Waals surface area (Å²) in [4.78, 5) is 32.5. The van der Waals surface area contributed by atoms with Crippen LogP contribution >= 0.6 is 0 Å². The SMILES string of the molecule is COC(=O)CC(C)C(=O)C[C@H](N)C(=O)O. The first kappa shape index (κ1) is 13.6. The highest BCUT2D eigenvalue weighted by molar-refractivity contribution is 5.89. The fourth-order valence-electron chi connectivity index (χ4n) is 0.952. The molecule has 0 bridgehead atoms. The van der Waals surface area contributed by atoms with Crippen molar-refractivity contribution in [3.05, 3.63) is 0 Å². The topological polar surface area (TPSA) is 107 Å². The number of carboxylic acid groups (broad SMARTS) is 1. The molecule has 0 aromatic carbocycles. The van der Waals surface area contributed by atoms with E-state index in [9.17, 15) is 14.4 Å². The summed E-state index contributed by atoms with van der Waals surface area (Å²) in [6.07, 6.45) is -0.324. The number of carbonyl (C=O) groups is 3. The standard InChI is InChI=1S/C9H15NO5/c1-5(3-8(12)15-2)7(11)4-6(10)9(13)14/h5-6H,3-4,10H2,1-2H3,(H,13,14)/t5?,6-/m0/s1. The van der Waals surface area contributed by atoms with Gasteiger partial charge in [-0.25, -0.2) is 0 Å². The number of carbonyl (C=O) groups excluding carboxylic acids is 2. The lowest BCUT2D eigenvalue weighted by atomic mass is 9.97. The number of carboxylic acids is 1. The average Bonchev–Trinajstić information content (AvgIpc) is 2.16. The molecule has 2 atom stereocenters. The van der Waals surface area contributed by atoms with Crippen molar-refractivity contribution < 1.29 is 24.2 Å². The second-order valence-electron chi connectivity index (χ2n) is 3.30. The molecule has 0 saturated carbocycles. The predicted octanol–water partition coefficient (Wildman–Crippen LogP) is -0.443. The molecule has 0 aliphatic rings. The molecule has 0 spiro atoms. The molecule has 0 aliphatic heterocycles. The van der Waals surface area contributed by atoms with Gasteiger partial charge in [0.25, 0.3) is 0 Å². The largest absolute Gasteiger partial charge is 0.480 e. The molecule has 3 N–H and O–H groups in total. The van der Waals surface area contributed by atoms with Crippen LogP contribution in [0.25, 0.3) is 0 Å². The first-order valence-electron chi connectivity index (χ1n) is 4.46. The number of aliphatic carboxylic acids is 1. The number of esters is 1. The predicted molar refractivity (Wildman–Crippen MR) is 51.0 cm³/mol. The normalized spacial score (nSPS) is 14.1. The Morgan fingerprint density at radius 3 is 2.27 bits per heavy atom. The molecule has 6 nitrogen and oxygen atoms in total. The first-order valence-corrected chi connectivity index (χ1v) is 4.46. The second kappa shape index (κ2) is 6.13. The number of hydrogen-bond acceptors (Lipinski definition) is 5. The number of hydrogen-bond donors (Lipinski definition) is 2. The molecule has 0 amide bonds. The molecular weight excluding hydrogens is 202 g/mol. The van der Waals surface area contributed by atoms with Gasteiger partial charge < -0.3 is 15.6 Å². The van der Waals surface area contributed by atoms with Crippen LogP contribution in [0.1, 0.15) is 19.8 Å². The summed E-state index contributed by atoms with van der Waals surface area (Å²) in [5.41, 5.74) is 5.18. The zero-order chi connectivity index (χ0) is 12.0. The number of methoxy groups -OCH3 is 1. The van der Waals surface area contributed by atoms with E-state index in [1.54, 1.807) is 0 Å². The van der Waals surface area contributed by atoms with Crippen molar-refractivity contribution in [1.82, 2.24) is 0 Å². The fraction of sp³-hybridized carbons (Fsp3) is 0.667. The Balaban J connectivity index is 4.10. The summed E-state index contributed by atoms with van der Waals surface area (Å²) in [6, 6.07) is -1.21. The van der Waals surface area contributed by atoms with Crippen LogP contribution in [-0.2, 0) is 19.1 Å². The van der Waals surface area contributed by atoms with Crippen molar-refractivity contribution in [1.29, 1.82) is 0 Å². The highest BCUT2D eigenvalue weighted by atomic mass is 16.5. The van der Waals surface area contributed by atoms with Gasteiger partial charge in [0, 0.05) is 12.3 Å². The first-order chi connectivity index (χ1) is 6.88. The Bertz CT molecular complexity index is 263. The number of nitrogens with two attached hydrogens (primary N) is 1. The van der Waals surface area contributed by atoms with Gasteiger partial charge in [0.2, 0.25) is 0 Å². The highest BCUT2D eigenvalue weighted by Crippen LogP contribution is 2.08. The van der Waals surface area contributed by atoms with E-state index in [-0.39, 0.29) is 18.6 Å². The Morgan fingerprint density at radius 2 is 1.87 bits per heavy atom. The minimum atomic E-state index is -1.23. The number of Topliss-reactive ketones (excluding diaryl/α,β-unsaturated/α-hetero) is 1. The van der Waals surface area contributed by atoms with Gasteiger partial charge in [-0.3, -0.25) is 14.4 Å². The smallest absolute Gasteiger partial charge is 0.320 e. The maximum absolute atomic E-state index is 11.4. The summed E-state index contributed by atoms with van der Waals surface area (Å²) in [7, 11) is 1.22. The van der Waals surface area contributed by atoms with Crippen molar-refractivity contribution in [3.63, 3.8) is 0 Å². The maximum Gasteiger partial charge on any atom is 0.320 e. The quantitative estimate of drug-likeness (QED) is 0.584. The lowest BCUT2D eigenvalue weighted by Gasteiger charge is -2.10. The molecule has 0 aromatic rings. The van der Waals surface area contributed by atoms with Gasteiger partial charge in [-0.2, -0.15) is 0 Å². The zero-order valence-corrected chi connectivity index (χ0v) is 8.73. The second-order valence-corrected chi connectivity index (χ2v) is 3.30. The van der Waals surface area contributed by atoms with E-state index in [2.05, 4.69) is 4.74 Å². The fourth-order valence-corrected chi connectivity index (χ4v) is 0.952. The van der Waals surface area contributed by atoms with Crippen LogP contribution < -0.4 is 5.73 Å². The van der Waals surface area contributed by atoms with Gasteiger partial charge >= 0.3 is 11.9 Å². The van der Waals surface area contributed by atoms with E-state index < -0.39 is 23.9 Å². The van der Waals surface area contributed by atoms with Crippen molar-refractivity contribution in [3.8, 4) is 0 Å². The van der Waals surface area contributed by atoms with Gasteiger partial charge in [0.05, 0.1) is 13.5 Å². The summed E-state index contributed by atoms with van der Waals surface area (Å²) in [5.74, 6) is -2.65. The number of rotatable bonds is 6. The van der Waals surface area contributed by atoms with Crippen LogP contribution in [0, 0.1) is 5.92 Å². The van der Waals surface area contributed by atoms with Gasteiger partial charge in [-0.15, -0.1) is 0 Å². The van der Waals surface area contributed by atoms with Crippen molar-refractivity contribution in [2.45, 2.75) is 25.8 Å². The molecule has 86 valence electrons. The molecule has 0 rings (SSSR count). The summed E-state index contributed by atoms with van der Waals surface area (Å²) >= 11 is 0. The Hall–Kier alpha value is -1.43. The van der Waals surface area contributed by atoms with Gasteiger partial charge in [0.1, 0.15) is 11.8 Å². The average molecular weight is 217 g/mol. The minimum absolute atomic E-state index is 0.0539. The maximum atomic E-state index is 11.4. The summed E-state index contributed by atoms with van der Waals surface area (Å²) in [6.45, 7) is 1.54. The molecular formula is C9H15NO5. The third kappa shape index (κ3) is 5.11. The van der Waals surface area contributed by atoms with Crippen LogP contribution in [-0.4, -0.2) is 36.0 Å². The van der Waals surface area contributed by atoms with Crippen LogP contribution in [0.2, 0.25) is 0 Å². The van der Waals surface area contributed by atoms with E-state index in [1.807, 2.05) is 0 Å².